The minimum atomic E-state index is 0. The van der Waals surface area contributed by atoms with Gasteiger partial charge in [0.15, 0.2) is 0 Å². The third-order valence-electron chi connectivity index (χ3n) is 6.66. The lowest BCUT2D eigenvalue weighted by Crippen LogP contribution is -2.52. The van der Waals surface area contributed by atoms with Crippen molar-refractivity contribution in [2.45, 2.75) is 71.2 Å². The van der Waals surface area contributed by atoms with E-state index in [9.17, 15) is 5.11 Å². The van der Waals surface area contributed by atoms with E-state index in [1.54, 1.807) is 0 Å². The largest absolute Gasteiger partial charge is 0.412 e. The monoisotopic (exact) mass is 450 g/mol. The van der Waals surface area contributed by atoms with Gasteiger partial charge in [0.25, 0.3) is 0 Å². The van der Waals surface area contributed by atoms with Crippen LogP contribution in [0.3, 0.4) is 0 Å². The van der Waals surface area contributed by atoms with Crippen LogP contribution in [0, 0.1) is 17.3 Å². The molecular formula is C23H47ClN2O4. The van der Waals surface area contributed by atoms with Crippen molar-refractivity contribution >= 4 is 11.6 Å². The summed E-state index contributed by atoms with van der Waals surface area (Å²) in [5.74, 6) is 1.43. The Kier molecular flexibility index (Phi) is 15.4. The zero-order chi connectivity index (χ0) is 18.6. The number of rotatable bonds is 7. The fourth-order valence-electron chi connectivity index (χ4n) is 5.16. The number of allylic oxidation sites excluding steroid dienone is 4. The number of aliphatic hydroxyl groups is 1. The van der Waals surface area contributed by atoms with Crippen LogP contribution in [0.1, 0.15) is 59.8 Å². The first-order valence-corrected chi connectivity index (χ1v) is 11.0. The van der Waals surface area contributed by atoms with Crippen molar-refractivity contribution in [1.82, 2.24) is 10.2 Å². The molecule has 0 bridgehead atoms. The van der Waals surface area contributed by atoms with Gasteiger partial charge in [-0.3, -0.25) is 0 Å². The lowest BCUT2D eigenvalue weighted by Gasteiger charge is -2.46. The van der Waals surface area contributed by atoms with Crippen molar-refractivity contribution in [3.05, 3.63) is 23.8 Å². The van der Waals surface area contributed by atoms with Gasteiger partial charge in [-0.05, 0) is 61.6 Å². The molecule has 3 atom stereocenters. The highest BCUT2D eigenvalue weighted by Gasteiger charge is 2.38. The van der Waals surface area contributed by atoms with Crippen LogP contribution < -0.4 is 5.32 Å². The van der Waals surface area contributed by atoms with E-state index in [0.29, 0.717) is 5.92 Å². The SMILES string of the molecule is C.CC1(C)CN(C[C@@H](CO)NCC2CCCC2)CCC1C1=CCC(Cl)C=C1.O.O.O. The standard InChI is InChI=1S/C22H37ClN2O.CH4.3H2O/c1-22(2)16-25(12-11-21(22)18-7-9-19(23)10-8-18)14-20(15-26)24-13-17-5-3-4-6-17;;;;/h7-9,17,19-21,24,26H,3-6,10-16H2,1-2H3;1H4;3*1H2/t19?,20-,21?;;;;/m0..../s1. The molecule has 3 rings (SSSR count). The maximum Gasteiger partial charge on any atom is 0.0597 e. The minimum absolute atomic E-state index is 0. The van der Waals surface area contributed by atoms with Gasteiger partial charge in [0, 0.05) is 19.1 Å². The third kappa shape index (κ3) is 8.58. The smallest absolute Gasteiger partial charge is 0.0597 e. The van der Waals surface area contributed by atoms with E-state index in [1.165, 1.54) is 37.7 Å². The topological polar surface area (TPSA) is 130 Å². The molecule has 1 saturated carbocycles. The van der Waals surface area contributed by atoms with Crippen molar-refractivity contribution < 1.29 is 21.5 Å². The molecule has 2 fully saturated rings. The summed E-state index contributed by atoms with van der Waals surface area (Å²) in [6.45, 7) is 9.26. The van der Waals surface area contributed by atoms with Crippen LogP contribution in [0.2, 0.25) is 0 Å². The first kappa shape index (κ1) is 31.7. The number of hydrogen-bond donors (Lipinski definition) is 2. The first-order chi connectivity index (χ1) is 12.5. The van der Waals surface area contributed by atoms with Crippen molar-refractivity contribution in [3.8, 4) is 0 Å². The molecule has 8 N–H and O–H groups in total. The molecule has 0 amide bonds. The van der Waals surface area contributed by atoms with Crippen molar-refractivity contribution in [1.29, 1.82) is 0 Å². The predicted octanol–water partition coefficient (Wildman–Crippen LogP) is 2.13. The highest BCUT2D eigenvalue weighted by atomic mass is 35.5. The van der Waals surface area contributed by atoms with Crippen molar-refractivity contribution in [3.63, 3.8) is 0 Å². The molecule has 0 radical (unpaired) electrons. The van der Waals surface area contributed by atoms with Crippen molar-refractivity contribution in [2.75, 3.05) is 32.8 Å². The fourth-order valence-corrected chi connectivity index (χ4v) is 5.32. The molecular weight excluding hydrogens is 404 g/mol. The summed E-state index contributed by atoms with van der Waals surface area (Å²) in [7, 11) is 0. The van der Waals surface area contributed by atoms with Crippen LogP contribution in [0.4, 0.5) is 0 Å². The van der Waals surface area contributed by atoms with Crippen molar-refractivity contribution in [2.24, 2.45) is 17.3 Å². The van der Waals surface area contributed by atoms with E-state index in [0.717, 1.165) is 38.5 Å². The van der Waals surface area contributed by atoms with Gasteiger partial charge in [-0.2, -0.15) is 0 Å². The van der Waals surface area contributed by atoms with Crippen LogP contribution in [0.5, 0.6) is 0 Å². The van der Waals surface area contributed by atoms with Gasteiger partial charge >= 0.3 is 0 Å². The number of alkyl halides is 1. The first-order valence-electron chi connectivity index (χ1n) is 10.6. The number of aliphatic hydroxyl groups excluding tert-OH is 1. The molecule has 3 aliphatic rings. The van der Waals surface area contributed by atoms with Crippen LogP contribution in [0.15, 0.2) is 23.8 Å². The minimum Gasteiger partial charge on any atom is -0.412 e. The van der Waals surface area contributed by atoms with Gasteiger partial charge in [-0.15, -0.1) is 11.6 Å². The molecule has 1 heterocycles. The van der Waals surface area contributed by atoms with E-state index in [4.69, 9.17) is 11.6 Å². The molecule has 0 aromatic carbocycles. The molecule has 6 nitrogen and oxygen atoms in total. The summed E-state index contributed by atoms with van der Waals surface area (Å²) >= 11 is 6.19. The Labute approximate surface area is 188 Å². The predicted molar refractivity (Wildman–Crippen MR) is 128 cm³/mol. The van der Waals surface area contributed by atoms with Crippen LogP contribution >= 0.6 is 11.6 Å². The summed E-state index contributed by atoms with van der Waals surface area (Å²) in [6, 6.07) is 0.203. The number of nitrogens with one attached hydrogen (secondary N) is 1. The molecule has 1 aliphatic heterocycles. The summed E-state index contributed by atoms with van der Waals surface area (Å²) in [5.41, 5.74) is 1.73. The summed E-state index contributed by atoms with van der Waals surface area (Å²) in [6.07, 6.45) is 14.4. The van der Waals surface area contributed by atoms with Crippen LogP contribution in [-0.4, -0.2) is 70.6 Å². The average molecular weight is 451 g/mol. The summed E-state index contributed by atoms with van der Waals surface area (Å²) < 4.78 is 0. The molecule has 2 aliphatic carbocycles. The Bertz CT molecular complexity index is 521. The molecule has 0 aromatic heterocycles. The quantitative estimate of drug-likeness (QED) is 0.576. The Hall–Kier alpha value is -0.470. The maximum atomic E-state index is 9.82. The zero-order valence-corrected chi connectivity index (χ0v) is 18.8. The van der Waals surface area contributed by atoms with Gasteiger partial charge in [0.05, 0.1) is 12.0 Å². The van der Waals surface area contributed by atoms with E-state index in [2.05, 4.69) is 42.3 Å². The van der Waals surface area contributed by atoms with Gasteiger partial charge in [0.1, 0.15) is 0 Å². The second-order valence-corrected chi connectivity index (χ2v) is 9.88. The number of halogens is 1. The summed E-state index contributed by atoms with van der Waals surface area (Å²) in [5, 5.41) is 13.6. The number of hydrogen-bond acceptors (Lipinski definition) is 3. The Morgan fingerprint density at radius 3 is 2.40 bits per heavy atom. The zero-order valence-electron chi connectivity index (χ0n) is 18.1. The Morgan fingerprint density at radius 2 is 1.87 bits per heavy atom. The maximum absolute atomic E-state index is 9.82. The van der Waals surface area contributed by atoms with Gasteiger partial charge in [-0.1, -0.05) is 52.3 Å². The van der Waals surface area contributed by atoms with E-state index in [-0.39, 0.29) is 47.3 Å². The lowest BCUT2D eigenvalue weighted by atomic mass is 9.69. The van der Waals surface area contributed by atoms with Crippen LogP contribution in [-0.2, 0) is 0 Å². The third-order valence-corrected chi connectivity index (χ3v) is 6.98. The van der Waals surface area contributed by atoms with E-state index < -0.39 is 0 Å². The van der Waals surface area contributed by atoms with Gasteiger partial charge in [-0.25, -0.2) is 0 Å². The second-order valence-electron chi connectivity index (χ2n) is 9.32. The normalized spacial score (nSPS) is 27.0. The number of likely N-dealkylation sites (tertiary alicyclic amines) is 1. The second kappa shape index (κ2) is 14.6. The average Bonchev–Trinajstić information content (AvgIpc) is 3.12. The molecule has 30 heavy (non-hydrogen) atoms. The highest BCUT2D eigenvalue weighted by Crippen LogP contribution is 2.41. The lowest BCUT2D eigenvalue weighted by molar-refractivity contribution is 0.0601. The fraction of sp³-hybridized carbons (Fsp3) is 0.826. The molecule has 2 unspecified atom stereocenters. The Morgan fingerprint density at radius 1 is 1.20 bits per heavy atom. The van der Waals surface area contributed by atoms with E-state index >= 15 is 0 Å². The van der Waals surface area contributed by atoms with Gasteiger partial charge < -0.3 is 31.8 Å². The molecule has 7 heteroatoms. The summed E-state index contributed by atoms with van der Waals surface area (Å²) in [4.78, 5) is 2.55. The molecule has 180 valence electrons. The highest BCUT2D eigenvalue weighted by molar-refractivity contribution is 6.22. The van der Waals surface area contributed by atoms with Gasteiger partial charge in [0.2, 0.25) is 0 Å². The number of piperidine rings is 1. The number of nitrogens with zero attached hydrogens (tertiary/aromatic N) is 1. The molecule has 0 aromatic rings. The molecule has 1 saturated heterocycles. The van der Waals surface area contributed by atoms with Crippen LogP contribution in [0.25, 0.3) is 0 Å². The van der Waals surface area contributed by atoms with E-state index in [1.807, 2.05) is 0 Å². The Balaban J connectivity index is 0. The molecule has 0 spiro atoms.